The number of carbonyl (C=O) groups is 2. The maximum atomic E-state index is 13.7. The Labute approximate surface area is 142 Å². The molecule has 4 heteroatoms. The summed E-state index contributed by atoms with van der Waals surface area (Å²) in [7, 11) is 0. The normalized spacial score (nSPS) is 20.8. The van der Waals surface area contributed by atoms with E-state index in [2.05, 4.69) is 0 Å². The van der Waals surface area contributed by atoms with Crippen LogP contribution in [0.1, 0.15) is 56.9 Å². The predicted molar refractivity (Wildman–Crippen MR) is 92.0 cm³/mol. The third-order valence-electron chi connectivity index (χ3n) is 4.74. The van der Waals surface area contributed by atoms with Gasteiger partial charge in [0.1, 0.15) is 11.6 Å². The van der Waals surface area contributed by atoms with Crippen LogP contribution >= 0.6 is 0 Å². The third-order valence-corrected chi connectivity index (χ3v) is 4.74. The number of allylic oxidation sites excluding steroid dienone is 1. The highest BCUT2D eigenvalue weighted by Gasteiger charge is 2.32. The Morgan fingerprint density at radius 2 is 1.96 bits per heavy atom. The van der Waals surface area contributed by atoms with Crippen LogP contribution < -0.4 is 0 Å². The standard InChI is InChI=1S/C20H25FO3/c21-18-9-6-5-7-16(18)12-11-15-13-14-19(22)17(15)8-3-1-2-4-10-20(23)24/h5-7,9,11-12,15,17H,1-4,8,10,13-14H2,(H,23,24)/t15-,17+/m1/s1. The summed E-state index contributed by atoms with van der Waals surface area (Å²) in [5.74, 6) is -0.459. The second-order valence-electron chi connectivity index (χ2n) is 6.50. The maximum Gasteiger partial charge on any atom is 0.303 e. The zero-order valence-corrected chi connectivity index (χ0v) is 13.9. The fourth-order valence-corrected chi connectivity index (χ4v) is 3.37. The van der Waals surface area contributed by atoms with Crippen molar-refractivity contribution in [3.05, 3.63) is 41.7 Å². The van der Waals surface area contributed by atoms with Crippen molar-refractivity contribution in [1.29, 1.82) is 0 Å². The first-order chi connectivity index (χ1) is 11.6. The minimum absolute atomic E-state index is 0.0347. The molecule has 2 atom stereocenters. The maximum absolute atomic E-state index is 13.7. The largest absolute Gasteiger partial charge is 0.481 e. The molecule has 2 rings (SSSR count). The van der Waals surface area contributed by atoms with Gasteiger partial charge in [-0.1, -0.05) is 49.6 Å². The first kappa shape index (κ1) is 18.4. The molecule has 3 nitrogen and oxygen atoms in total. The summed E-state index contributed by atoms with van der Waals surface area (Å²) < 4.78 is 13.7. The average Bonchev–Trinajstić information content (AvgIpc) is 2.90. The molecule has 24 heavy (non-hydrogen) atoms. The summed E-state index contributed by atoms with van der Waals surface area (Å²) in [5, 5.41) is 8.61. The molecule has 0 aromatic heterocycles. The van der Waals surface area contributed by atoms with Gasteiger partial charge < -0.3 is 5.11 Å². The van der Waals surface area contributed by atoms with Crippen LogP contribution in [-0.4, -0.2) is 16.9 Å². The smallest absolute Gasteiger partial charge is 0.303 e. The van der Waals surface area contributed by atoms with Gasteiger partial charge in [-0.3, -0.25) is 9.59 Å². The van der Waals surface area contributed by atoms with E-state index in [0.717, 1.165) is 32.1 Å². The highest BCUT2D eigenvalue weighted by atomic mass is 19.1. The topological polar surface area (TPSA) is 54.4 Å². The van der Waals surface area contributed by atoms with Gasteiger partial charge in [0.15, 0.2) is 0 Å². The van der Waals surface area contributed by atoms with Crippen molar-refractivity contribution in [3.8, 4) is 0 Å². The molecule has 1 saturated carbocycles. The molecule has 130 valence electrons. The molecule has 1 aromatic rings. The molecule has 0 saturated heterocycles. The number of benzene rings is 1. The Morgan fingerprint density at radius 3 is 2.71 bits per heavy atom. The Morgan fingerprint density at radius 1 is 1.21 bits per heavy atom. The van der Waals surface area contributed by atoms with Crippen molar-refractivity contribution in [2.24, 2.45) is 11.8 Å². The van der Waals surface area contributed by atoms with Crippen LogP contribution in [0, 0.1) is 17.7 Å². The number of unbranched alkanes of at least 4 members (excludes halogenated alkanes) is 3. The van der Waals surface area contributed by atoms with Crippen molar-refractivity contribution in [1.82, 2.24) is 0 Å². The molecule has 1 aliphatic rings. The quantitative estimate of drug-likeness (QED) is 0.657. The summed E-state index contributed by atoms with van der Waals surface area (Å²) >= 11 is 0. The first-order valence-corrected chi connectivity index (χ1v) is 8.75. The molecule has 0 unspecified atom stereocenters. The van der Waals surface area contributed by atoms with E-state index in [9.17, 15) is 14.0 Å². The second-order valence-corrected chi connectivity index (χ2v) is 6.50. The van der Waals surface area contributed by atoms with E-state index in [-0.39, 0.29) is 24.1 Å². The Bertz CT molecular complexity index is 594. The van der Waals surface area contributed by atoms with Crippen LogP contribution in [0.2, 0.25) is 0 Å². The van der Waals surface area contributed by atoms with Gasteiger partial charge in [0, 0.05) is 24.3 Å². The van der Waals surface area contributed by atoms with E-state index in [4.69, 9.17) is 5.11 Å². The lowest BCUT2D eigenvalue weighted by Crippen LogP contribution is -2.13. The third kappa shape index (κ3) is 5.59. The van der Waals surface area contributed by atoms with Crippen molar-refractivity contribution >= 4 is 17.8 Å². The number of ketones is 1. The Hall–Kier alpha value is -1.97. The van der Waals surface area contributed by atoms with E-state index >= 15 is 0 Å². The number of carboxylic acid groups (broad SMARTS) is 1. The lowest BCUT2D eigenvalue weighted by atomic mass is 9.89. The zero-order chi connectivity index (χ0) is 17.4. The predicted octanol–water partition coefficient (Wildman–Crippen LogP) is 4.86. The van der Waals surface area contributed by atoms with E-state index in [1.807, 2.05) is 6.08 Å². The van der Waals surface area contributed by atoms with Gasteiger partial charge in [-0.05, 0) is 31.2 Å². The fourth-order valence-electron chi connectivity index (χ4n) is 3.37. The lowest BCUT2D eigenvalue weighted by Gasteiger charge is -2.14. The SMILES string of the molecule is O=C(O)CCCCCC[C@@H]1C(=O)CC[C@H]1C=Cc1ccccc1F. The van der Waals surface area contributed by atoms with Crippen LogP contribution in [0.3, 0.4) is 0 Å². The summed E-state index contributed by atoms with van der Waals surface area (Å²) in [6, 6.07) is 6.64. The highest BCUT2D eigenvalue weighted by molar-refractivity contribution is 5.84. The van der Waals surface area contributed by atoms with Gasteiger partial charge in [-0.15, -0.1) is 0 Å². The first-order valence-electron chi connectivity index (χ1n) is 8.75. The lowest BCUT2D eigenvalue weighted by molar-refractivity contribution is -0.137. The van der Waals surface area contributed by atoms with Crippen molar-refractivity contribution < 1.29 is 19.1 Å². The molecule has 1 N–H and O–H groups in total. The van der Waals surface area contributed by atoms with Crippen LogP contribution in [0.4, 0.5) is 4.39 Å². The molecule has 1 aromatic carbocycles. The molecule has 0 spiro atoms. The Balaban J connectivity index is 1.81. The summed E-state index contributed by atoms with van der Waals surface area (Å²) in [5.41, 5.74) is 0.560. The Kier molecular flexibility index (Phi) is 7.16. The molecule has 0 heterocycles. The molecule has 0 aliphatic heterocycles. The molecule has 0 amide bonds. The monoisotopic (exact) mass is 332 g/mol. The number of aliphatic carboxylic acids is 1. The average molecular weight is 332 g/mol. The van der Waals surface area contributed by atoms with E-state index in [0.29, 0.717) is 24.2 Å². The van der Waals surface area contributed by atoms with E-state index < -0.39 is 5.97 Å². The number of carbonyl (C=O) groups excluding carboxylic acids is 1. The number of halogens is 1. The summed E-state index contributed by atoms with van der Waals surface area (Å²) in [4.78, 5) is 22.5. The van der Waals surface area contributed by atoms with Gasteiger partial charge in [-0.2, -0.15) is 0 Å². The minimum Gasteiger partial charge on any atom is -0.481 e. The zero-order valence-electron chi connectivity index (χ0n) is 13.9. The van der Waals surface area contributed by atoms with Gasteiger partial charge in [0.05, 0.1) is 0 Å². The van der Waals surface area contributed by atoms with Crippen LogP contribution in [-0.2, 0) is 9.59 Å². The van der Waals surface area contributed by atoms with Crippen LogP contribution in [0.25, 0.3) is 6.08 Å². The van der Waals surface area contributed by atoms with Gasteiger partial charge in [0.25, 0.3) is 0 Å². The molecular weight excluding hydrogens is 307 g/mol. The minimum atomic E-state index is -0.751. The van der Waals surface area contributed by atoms with Crippen molar-refractivity contribution in [2.45, 2.75) is 51.4 Å². The van der Waals surface area contributed by atoms with Crippen LogP contribution in [0.15, 0.2) is 30.3 Å². The highest BCUT2D eigenvalue weighted by Crippen LogP contribution is 2.34. The number of Topliss-reactive ketones (excluding diaryl/α,β-unsaturated/α-hetero) is 1. The number of hydrogen-bond donors (Lipinski definition) is 1. The van der Waals surface area contributed by atoms with E-state index in [1.54, 1.807) is 24.3 Å². The van der Waals surface area contributed by atoms with Crippen LogP contribution in [0.5, 0.6) is 0 Å². The van der Waals surface area contributed by atoms with Crippen molar-refractivity contribution in [2.75, 3.05) is 0 Å². The number of carboxylic acids is 1. The summed E-state index contributed by atoms with van der Waals surface area (Å²) in [6.07, 6.45) is 9.78. The van der Waals surface area contributed by atoms with Gasteiger partial charge in [0.2, 0.25) is 0 Å². The van der Waals surface area contributed by atoms with Gasteiger partial charge in [-0.25, -0.2) is 4.39 Å². The van der Waals surface area contributed by atoms with E-state index in [1.165, 1.54) is 6.07 Å². The summed E-state index contributed by atoms with van der Waals surface area (Å²) in [6.45, 7) is 0. The van der Waals surface area contributed by atoms with Gasteiger partial charge >= 0.3 is 5.97 Å². The second kappa shape index (κ2) is 9.36. The number of rotatable bonds is 9. The van der Waals surface area contributed by atoms with Crippen molar-refractivity contribution in [3.63, 3.8) is 0 Å². The molecule has 1 fully saturated rings. The molecule has 0 radical (unpaired) electrons. The number of hydrogen-bond acceptors (Lipinski definition) is 2. The molecular formula is C20H25FO3. The fraction of sp³-hybridized carbons (Fsp3) is 0.500. The molecule has 1 aliphatic carbocycles. The molecule has 0 bridgehead atoms.